The van der Waals surface area contributed by atoms with Crippen LogP contribution in [-0.4, -0.2) is 233 Å². The number of nitrogens with zero attached hydrogens (tertiary/aromatic N) is 4. The molecular weight excluding hydrogens is 1260 g/mol. The van der Waals surface area contributed by atoms with Crippen LogP contribution in [0.5, 0.6) is 5.75 Å². The molecular formula is C60H98N18O16S. The number of carbonyl (C=O) groups is 10. The molecule has 5 rings (SSSR count). The van der Waals surface area contributed by atoms with Gasteiger partial charge < -0.3 is 106 Å². The number of aromatic nitrogens is 3. The molecule has 3 aliphatic heterocycles. The lowest BCUT2D eigenvalue weighted by atomic mass is 10.0. The number of aliphatic hydroxyl groups excluding tert-OH is 1. The Morgan fingerprint density at radius 1 is 0.716 bits per heavy atom. The summed E-state index contributed by atoms with van der Waals surface area (Å²) in [5, 5.41) is 66.4. The SMILES string of the molecule is CC(O)[C@@H]1NC(=O)[C@H](CCCCN)NC(=O)[C@H](CC(=O)O)NC(=O)[C@H](Cc2ccc(O)cc2)NC(=O)[C@@H](N)Cc2cn(nn2)CCCC[C@@H](C(=O)NCCCOCCOCCOCCCNC(=O)CCCC[C@H]2SC[C@H]3NC(=O)N[C@H]32)NC(=O)[C@H](CCCN=C(N)N)NC1=O. The van der Waals surface area contributed by atoms with Crippen LogP contribution in [0.1, 0.15) is 114 Å². The number of aliphatic carboxylic acids is 1. The van der Waals surface area contributed by atoms with E-state index in [9.17, 15) is 63.3 Å². The number of unbranched alkanes of at least 4 members (excludes halogenated alkanes) is 2. The number of aryl methyl sites for hydroxylation is 1. The molecule has 0 saturated carbocycles. The molecule has 530 valence electrons. The highest BCUT2D eigenvalue weighted by molar-refractivity contribution is 8.00. The molecule has 21 N–H and O–H groups in total. The molecule has 2 fully saturated rings. The number of carbonyl (C=O) groups excluding carboxylic acids is 9. The smallest absolute Gasteiger partial charge is 0.315 e. The van der Waals surface area contributed by atoms with E-state index in [1.807, 2.05) is 11.8 Å². The maximum atomic E-state index is 14.4. The molecule has 0 aliphatic carbocycles. The van der Waals surface area contributed by atoms with Crippen LogP contribution >= 0.6 is 11.8 Å². The van der Waals surface area contributed by atoms with Gasteiger partial charge in [0, 0.05) is 75.9 Å². The van der Waals surface area contributed by atoms with Crippen molar-refractivity contribution in [3.8, 4) is 5.75 Å². The van der Waals surface area contributed by atoms with Crippen LogP contribution in [0.2, 0.25) is 0 Å². The third kappa shape index (κ3) is 29.3. The number of ether oxygens (including phenoxy) is 3. The van der Waals surface area contributed by atoms with Crippen molar-refractivity contribution >= 4 is 77.0 Å². The van der Waals surface area contributed by atoms with Crippen molar-refractivity contribution < 1.29 is 77.5 Å². The second-order valence-corrected chi connectivity index (χ2v) is 24.8. The van der Waals surface area contributed by atoms with Crippen molar-refractivity contribution in [1.29, 1.82) is 0 Å². The maximum Gasteiger partial charge on any atom is 0.315 e. The summed E-state index contributed by atoms with van der Waals surface area (Å²) in [4.78, 5) is 139. The Labute approximate surface area is 555 Å². The summed E-state index contributed by atoms with van der Waals surface area (Å²) in [6.45, 7) is 4.25. The van der Waals surface area contributed by atoms with Crippen molar-refractivity contribution in [2.24, 2.45) is 27.9 Å². The first kappa shape index (κ1) is 77.7. The van der Waals surface area contributed by atoms with E-state index < -0.39 is 102 Å². The van der Waals surface area contributed by atoms with E-state index in [0.29, 0.717) is 81.4 Å². The van der Waals surface area contributed by atoms with E-state index in [0.717, 1.165) is 25.0 Å². The number of phenolic OH excluding ortho intramolecular Hbond substituents is 1. The van der Waals surface area contributed by atoms with Crippen molar-refractivity contribution in [2.45, 2.75) is 188 Å². The number of phenols is 1. The number of thioether (sulfide) groups is 1. The number of hydrogen-bond donors (Lipinski definition) is 17. The standard InChI is InChI=1S/C60H98N18O16S/c1-36(79)50-58(90)70-43(13-8-21-67-59(63)64)54(86)68-41(53(85)66-23-10-26-93-28-30-94-29-27-92-25-9-22-65-48(81)15-3-2-14-47-51-46(35-95-47)73-60(91)75-51)12-5-7-24-78-34-38(76-77-78)32-40(62)52(84)71-44(31-37-16-18-39(80)19-17-37)56(88)72-45(33-49(82)83)57(89)69-42(55(87)74-50)11-4-6-20-61/h16-19,34,36,40-47,50-51,79-80H,2-15,20-33,35,61-62H2,1H3,(H,65,81)(H,66,85)(H,68,86)(H,69,89)(H,70,90)(H,71,84)(H,72,88)(H,74,87)(H,82,83)(H4,63,64,67)(H2,73,75,91)/t36?,40-,41-,42-,43-,44-,45-,46+,47+,50-,51+/m0/s1. The number of hydrogen-bond acceptors (Lipinski definition) is 21. The number of nitrogens with two attached hydrogens (primary N) is 4. The van der Waals surface area contributed by atoms with E-state index in [-0.39, 0.29) is 127 Å². The zero-order valence-electron chi connectivity index (χ0n) is 53.9. The van der Waals surface area contributed by atoms with Gasteiger partial charge in [-0.2, -0.15) is 11.8 Å². The second-order valence-electron chi connectivity index (χ2n) is 23.6. The number of benzene rings is 1. The summed E-state index contributed by atoms with van der Waals surface area (Å²) < 4.78 is 18.5. The number of rotatable bonds is 33. The largest absolute Gasteiger partial charge is 0.508 e. The van der Waals surface area contributed by atoms with Crippen LogP contribution < -0.4 is 76.1 Å². The highest BCUT2D eigenvalue weighted by Gasteiger charge is 2.43. The first-order valence-corrected chi connectivity index (χ1v) is 33.5. The molecule has 1 aromatic heterocycles. The number of guanidine groups is 1. The van der Waals surface area contributed by atoms with Crippen LogP contribution in [0.15, 0.2) is 35.5 Å². The minimum Gasteiger partial charge on any atom is -0.508 e. The molecule has 1 aromatic carbocycles. The second kappa shape index (κ2) is 42.5. The molecule has 0 spiro atoms. The first-order valence-electron chi connectivity index (χ1n) is 32.5. The zero-order chi connectivity index (χ0) is 69.1. The Balaban J connectivity index is 1.19. The summed E-state index contributed by atoms with van der Waals surface area (Å²) in [5.41, 5.74) is 23.9. The number of aliphatic imine (C=N–C) groups is 1. The van der Waals surface area contributed by atoms with Gasteiger partial charge in [-0.05, 0) is 108 Å². The number of nitrogens with one attached hydrogen (secondary N) is 10. The van der Waals surface area contributed by atoms with E-state index >= 15 is 0 Å². The lowest BCUT2D eigenvalue weighted by molar-refractivity contribution is -0.141. The van der Waals surface area contributed by atoms with Crippen LogP contribution in [0, 0.1) is 0 Å². The van der Waals surface area contributed by atoms with Crippen molar-refractivity contribution in [3.05, 3.63) is 41.7 Å². The van der Waals surface area contributed by atoms with Gasteiger partial charge in [0.15, 0.2) is 5.96 Å². The Morgan fingerprint density at radius 3 is 2.00 bits per heavy atom. The van der Waals surface area contributed by atoms with Gasteiger partial charge in [0.05, 0.1) is 62.8 Å². The molecule has 35 heteroatoms. The molecule has 4 heterocycles. The minimum atomic E-state index is -1.86. The third-order valence-corrected chi connectivity index (χ3v) is 17.2. The fourth-order valence-corrected chi connectivity index (χ4v) is 12.1. The predicted molar refractivity (Wildman–Crippen MR) is 347 cm³/mol. The average molecular weight is 1360 g/mol. The summed E-state index contributed by atoms with van der Waals surface area (Å²) in [7, 11) is 0. The Morgan fingerprint density at radius 2 is 1.33 bits per heavy atom. The zero-order valence-corrected chi connectivity index (χ0v) is 54.7. The number of urea groups is 1. The normalized spacial score (nSPS) is 23.8. The van der Waals surface area contributed by atoms with Gasteiger partial charge in [-0.3, -0.25) is 52.8 Å². The first-order chi connectivity index (χ1) is 45.6. The number of carboxylic acid groups (broad SMARTS) is 1. The molecule has 11 atom stereocenters. The molecule has 0 radical (unpaired) electrons. The molecule has 2 aromatic rings. The summed E-state index contributed by atoms with van der Waals surface area (Å²) >= 11 is 1.86. The number of fused-ring (bicyclic) bond motifs is 3. The number of carboxylic acids is 1. The predicted octanol–water partition coefficient (Wildman–Crippen LogP) is -3.98. The summed E-state index contributed by atoms with van der Waals surface area (Å²) in [6, 6.07) is -4.61. The van der Waals surface area contributed by atoms with Crippen LogP contribution in [0.4, 0.5) is 4.79 Å². The number of aromatic hydroxyl groups is 1. The van der Waals surface area contributed by atoms with Crippen molar-refractivity contribution in [3.63, 3.8) is 0 Å². The quantitative estimate of drug-likeness (QED) is 0.0140. The van der Waals surface area contributed by atoms with Crippen LogP contribution in [-0.2, 0) is 76.7 Å². The van der Waals surface area contributed by atoms with E-state index in [4.69, 9.17) is 37.1 Å². The fourth-order valence-electron chi connectivity index (χ4n) is 10.6. The highest BCUT2D eigenvalue weighted by atomic mass is 32.2. The number of aliphatic hydroxyl groups is 1. The van der Waals surface area contributed by atoms with E-state index in [1.54, 1.807) is 6.20 Å². The molecule has 2 bridgehead atoms. The lowest BCUT2D eigenvalue weighted by Gasteiger charge is -2.28. The van der Waals surface area contributed by atoms with Crippen molar-refractivity contribution in [1.82, 2.24) is 68.2 Å². The van der Waals surface area contributed by atoms with Gasteiger partial charge in [-0.1, -0.05) is 23.8 Å². The van der Waals surface area contributed by atoms with Gasteiger partial charge in [-0.25, -0.2) is 4.79 Å². The van der Waals surface area contributed by atoms with E-state index in [1.165, 1.54) is 35.9 Å². The van der Waals surface area contributed by atoms with Crippen LogP contribution in [0.3, 0.4) is 0 Å². The lowest BCUT2D eigenvalue weighted by Crippen LogP contribution is -2.62. The van der Waals surface area contributed by atoms with Gasteiger partial charge >= 0.3 is 12.0 Å². The maximum absolute atomic E-state index is 14.4. The molecule has 3 aliphatic rings. The summed E-state index contributed by atoms with van der Waals surface area (Å²) in [5.74, 6) is -7.36. The minimum absolute atomic E-state index is 0.00160. The van der Waals surface area contributed by atoms with Gasteiger partial charge in [0.25, 0.3) is 0 Å². The molecule has 1 unspecified atom stereocenters. The topological polar surface area (TPSA) is 527 Å². The highest BCUT2D eigenvalue weighted by Crippen LogP contribution is 2.33. The Hall–Kier alpha value is -7.96. The number of amides is 10. The van der Waals surface area contributed by atoms with Gasteiger partial charge in [-0.15, -0.1) is 5.10 Å². The van der Waals surface area contributed by atoms with Crippen LogP contribution in [0.25, 0.3) is 0 Å². The molecule has 2 saturated heterocycles. The monoisotopic (exact) mass is 1360 g/mol. The Kier molecular flexibility index (Phi) is 34.8. The Bertz CT molecular complexity index is 2820. The van der Waals surface area contributed by atoms with Gasteiger partial charge in [0.1, 0.15) is 42.0 Å². The fraction of sp³-hybridized carbons (Fsp3) is 0.683. The van der Waals surface area contributed by atoms with Gasteiger partial charge in [0.2, 0.25) is 47.3 Å². The van der Waals surface area contributed by atoms with Crippen molar-refractivity contribution in [2.75, 3.05) is 71.6 Å². The molecule has 10 amide bonds. The third-order valence-electron chi connectivity index (χ3n) is 15.7. The van der Waals surface area contributed by atoms with E-state index in [2.05, 4.69) is 68.5 Å². The summed E-state index contributed by atoms with van der Waals surface area (Å²) in [6.07, 6.45) is 3.99. The average Bonchev–Trinajstić information content (AvgIpc) is 1.70. The molecule has 34 nitrogen and oxygen atoms in total. The molecule has 95 heavy (non-hydrogen) atoms.